The molecule has 0 radical (unpaired) electrons. The van der Waals surface area contributed by atoms with Crippen LogP contribution in [0.2, 0.25) is 0 Å². The zero-order valence-corrected chi connectivity index (χ0v) is 46.1. The van der Waals surface area contributed by atoms with Crippen LogP contribution in [0.3, 0.4) is 0 Å². The summed E-state index contributed by atoms with van der Waals surface area (Å²) >= 11 is 0. The van der Waals surface area contributed by atoms with Crippen molar-refractivity contribution < 1.29 is 0 Å². The molecule has 16 rings (SSSR count). The number of para-hydroxylation sites is 1. The summed E-state index contributed by atoms with van der Waals surface area (Å²) in [6.07, 6.45) is 6.62. The molecule has 3 aromatic heterocycles. The topological polar surface area (TPSA) is 48.5 Å². The van der Waals surface area contributed by atoms with Crippen LogP contribution in [-0.4, -0.2) is 24.1 Å². The molecule has 2 aliphatic rings. The molecule has 0 spiro atoms. The van der Waals surface area contributed by atoms with E-state index < -0.39 is 0 Å². The molecular weight excluding hydrogens is 1010 g/mol. The lowest BCUT2D eigenvalue weighted by Crippen LogP contribution is -2.15. The number of fused-ring (bicyclic) bond motifs is 9. The summed E-state index contributed by atoms with van der Waals surface area (Å²) in [6.45, 7) is 4.65. The first-order valence-corrected chi connectivity index (χ1v) is 28.8. The van der Waals surface area contributed by atoms with Crippen molar-refractivity contribution in [3.63, 3.8) is 0 Å². The van der Waals surface area contributed by atoms with Gasteiger partial charge in [-0.2, -0.15) is 0 Å². The Labute approximate surface area is 482 Å². The van der Waals surface area contributed by atoms with Gasteiger partial charge in [0.05, 0.1) is 22.2 Å². The lowest BCUT2D eigenvalue weighted by atomic mass is 9.82. The van der Waals surface area contributed by atoms with E-state index in [1.54, 1.807) is 0 Å². The van der Waals surface area contributed by atoms with Gasteiger partial charge in [0.15, 0.2) is 17.5 Å². The molecule has 5 nitrogen and oxygen atoms in total. The summed E-state index contributed by atoms with van der Waals surface area (Å²) < 4.78 is 4.95. The Morgan fingerprint density at radius 2 is 0.855 bits per heavy atom. The van der Waals surface area contributed by atoms with E-state index >= 15 is 0 Å². The third-order valence-corrected chi connectivity index (χ3v) is 17.5. The number of rotatable bonds is 9. The second kappa shape index (κ2) is 19.4. The van der Waals surface area contributed by atoms with Crippen molar-refractivity contribution in [1.82, 2.24) is 24.1 Å². The molecular formula is C78H55N5. The van der Waals surface area contributed by atoms with Crippen LogP contribution >= 0.6 is 0 Å². The van der Waals surface area contributed by atoms with Gasteiger partial charge in [0.25, 0.3) is 0 Å². The summed E-state index contributed by atoms with van der Waals surface area (Å²) in [5, 5.41) is 3.66. The highest BCUT2D eigenvalue weighted by Gasteiger charge is 2.36. The van der Waals surface area contributed by atoms with E-state index in [4.69, 9.17) is 15.0 Å². The summed E-state index contributed by atoms with van der Waals surface area (Å²) in [5.41, 5.74) is 25.0. The first-order chi connectivity index (χ1) is 40.9. The molecule has 0 atom stereocenters. The first-order valence-electron chi connectivity index (χ1n) is 28.8. The second-order valence-corrected chi connectivity index (χ2v) is 22.6. The number of aryl methyl sites for hydroxylation is 1. The van der Waals surface area contributed by atoms with Crippen molar-refractivity contribution in [2.45, 2.75) is 32.1 Å². The summed E-state index contributed by atoms with van der Waals surface area (Å²) in [4.78, 5) is 16.6. The lowest BCUT2D eigenvalue weighted by molar-refractivity contribution is 0.660. The third kappa shape index (κ3) is 7.95. The van der Waals surface area contributed by atoms with Crippen molar-refractivity contribution in [3.8, 4) is 101 Å². The van der Waals surface area contributed by atoms with Gasteiger partial charge in [0.1, 0.15) is 0 Å². The number of benzene rings is 11. The molecule has 3 heterocycles. The van der Waals surface area contributed by atoms with Gasteiger partial charge in [0, 0.05) is 49.6 Å². The fourth-order valence-electron chi connectivity index (χ4n) is 13.5. The van der Waals surface area contributed by atoms with Gasteiger partial charge in [-0.05, 0) is 140 Å². The highest BCUT2D eigenvalue weighted by molar-refractivity contribution is 6.19. The quantitative estimate of drug-likeness (QED) is 0.145. The van der Waals surface area contributed by atoms with Gasteiger partial charge in [-0.1, -0.05) is 232 Å². The van der Waals surface area contributed by atoms with Crippen LogP contribution in [-0.2, 0) is 11.8 Å². The predicted octanol–water partition coefficient (Wildman–Crippen LogP) is 19.8. The highest BCUT2D eigenvalue weighted by atomic mass is 15.1. The Kier molecular flexibility index (Phi) is 11.3. The zero-order chi connectivity index (χ0) is 55.2. The molecule has 14 aromatic rings. The molecule has 0 saturated carbocycles. The van der Waals surface area contributed by atoms with Crippen LogP contribution in [0.15, 0.2) is 267 Å². The average molecular weight is 1060 g/mol. The van der Waals surface area contributed by atoms with Gasteiger partial charge < -0.3 is 9.13 Å². The van der Waals surface area contributed by atoms with E-state index in [1.165, 1.54) is 60.9 Å². The molecule has 0 fully saturated rings. The maximum atomic E-state index is 5.61. The van der Waals surface area contributed by atoms with E-state index in [2.05, 4.69) is 296 Å². The smallest absolute Gasteiger partial charge is 0.166 e. The van der Waals surface area contributed by atoms with Crippen molar-refractivity contribution in [2.24, 2.45) is 0 Å². The summed E-state index contributed by atoms with van der Waals surface area (Å²) in [6, 6.07) is 94.6. The van der Waals surface area contributed by atoms with Gasteiger partial charge in [-0.3, -0.25) is 0 Å². The van der Waals surface area contributed by atoms with E-state index in [1.807, 2.05) is 0 Å². The Morgan fingerprint density at radius 3 is 1.57 bits per heavy atom. The molecule has 0 bridgehead atoms. The predicted molar refractivity (Wildman–Crippen MR) is 344 cm³/mol. The Bertz CT molecular complexity index is 4900. The van der Waals surface area contributed by atoms with E-state index in [0.717, 1.165) is 90.7 Å². The minimum atomic E-state index is -0.212. The molecule has 0 aliphatic heterocycles. The second-order valence-electron chi connectivity index (χ2n) is 22.6. The van der Waals surface area contributed by atoms with E-state index in [9.17, 15) is 0 Å². The molecule has 2 aliphatic carbocycles. The number of aromatic nitrogens is 5. The average Bonchev–Trinajstić information content (AvgIpc) is 1.97. The molecule has 392 valence electrons. The summed E-state index contributed by atoms with van der Waals surface area (Å²) in [5.74, 6) is 1.82. The first kappa shape index (κ1) is 48.4. The Hall–Kier alpha value is -10.5. The lowest BCUT2D eigenvalue weighted by Gasteiger charge is -2.22. The Morgan fingerprint density at radius 1 is 0.349 bits per heavy atom. The molecule has 11 aromatic carbocycles. The molecule has 0 amide bonds. The highest BCUT2D eigenvalue weighted by Crippen LogP contribution is 2.50. The Balaban J connectivity index is 0.970. The van der Waals surface area contributed by atoms with Crippen molar-refractivity contribution in [3.05, 3.63) is 289 Å². The number of nitrogens with zero attached hydrogens (tertiary/aromatic N) is 5. The minimum Gasteiger partial charge on any atom is -0.310 e. The number of hydrogen-bond acceptors (Lipinski definition) is 3. The van der Waals surface area contributed by atoms with Gasteiger partial charge in [0.2, 0.25) is 0 Å². The van der Waals surface area contributed by atoms with E-state index in [-0.39, 0.29) is 5.41 Å². The molecule has 0 N–H and O–H groups in total. The normalized spacial score (nSPS) is 13.1. The van der Waals surface area contributed by atoms with Crippen molar-refractivity contribution >= 4 is 38.8 Å². The minimum absolute atomic E-state index is 0.212. The zero-order valence-electron chi connectivity index (χ0n) is 46.1. The van der Waals surface area contributed by atoms with Crippen molar-refractivity contribution in [1.29, 1.82) is 0 Å². The van der Waals surface area contributed by atoms with Crippen molar-refractivity contribution in [2.75, 3.05) is 0 Å². The number of hydrogen-bond donors (Lipinski definition) is 0. The van der Waals surface area contributed by atoms with Gasteiger partial charge in [-0.25, -0.2) is 15.0 Å². The summed E-state index contributed by atoms with van der Waals surface area (Å²) in [7, 11) is 0. The standard InChI is InChI=1S/C78H55N5/c1-78(2)66-33-17-15-29-59(66)60-44-43-57(47-67(60)78)76-79-75(54-39-37-53(38-40-54)50-21-7-3-8-22-50)80-77(81-76)65-46-42-56(52-25-11-5-12-26-52)49-72(65)83-70-36-20-32-62(74(70)64-45-41-55(48-71(64)83)51-23-9-4-10-24-51)61-31-19-35-69-73(61)63-30-16-18-34-68(63)82(69)58-27-13-6-14-28-58/h3-15,17-29,31-49H,16,30H2,1-2H3. The maximum Gasteiger partial charge on any atom is 0.166 e. The van der Waals surface area contributed by atoms with Gasteiger partial charge in [-0.15, -0.1) is 0 Å². The SMILES string of the molecule is CC1(C)c2ccccc2-c2ccc(-c3nc(-c4ccc(-c5ccccc5)cc4)nc(-c4ccc(-c5ccccc5)cc4-n4c5cc(-c6ccccc6)ccc5c5c(-c6cccc7c6c6c(n7-c7ccccc7)C=CCC6)cccc54)n3)cc21. The van der Waals surface area contributed by atoms with Gasteiger partial charge >= 0.3 is 0 Å². The van der Waals surface area contributed by atoms with Crippen LogP contribution in [0, 0.1) is 0 Å². The van der Waals surface area contributed by atoms with Crippen LogP contribution in [0.5, 0.6) is 0 Å². The molecule has 0 unspecified atom stereocenters. The van der Waals surface area contributed by atoms with E-state index in [0.29, 0.717) is 17.5 Å². The fraction of sp³-hybridized carbons (Fsp3) is 0.0641. The van der Waals surface area contributed by atoms with Crippen LogP contribution < -0.4 is 0 Å². The third-order valence-electron chi connectivity index (χ3n) is 17.5. The maximum absolute atomic E-state index is 5.61. The molecule has 5 heteroatoms. The van der Waals surface area contributed by atoms with Crippen LogP contribution in [0.4, 0.5) is 0 Å². The number of allylic oxidation sites excluding steroid dienone is 1. The van der Waals surface area contributed by atoms with Crippen LogP contribution in [0.1, 0.15) is 42.7 Å². The fourth-order valence-corrected chi connectivity index (χ4v) is 13.5. The van der Waals surface area contributed by atoms with Crippen LogP contribution in [0.25, 0.3) is 140 Å². The molecule has 0 saturated heterocycles. The molecule has 83 heavy (non-hydrogen) atoms. The monoisotopic (exact) mass is 1060 g/mol. The largest absolute Gasteiger partial charge is 0.310 e.